The average molecular weight is 445 g/mol. The number of aliphatic imine (C=N–C) groups is 1. The van der Waals surface area contributed by atoms with Gasteiger partial charge in [-0.2, -0.15) is 0 Å². The molecular weight excluding hydrogens is 412 g/mol. The van der Waals surface area contributed by atoms with Gasteiger partial charge in [0.15, 0.2) is 5.96 Å². The summed E-state index contributed by atoms with van der Waals surface area (Å²) in [6.45, 7) is 10.3. The van der Waals surface area contributed by atoms with Crippen LogP contribution in [0.3, 0.4) is 0 Å². The molecule has 0 saturated carbocycles. The second-order valence-electron chi connectivity index (χ2n) is 7.77. The molecule has 1 aliphatic heterocycles. The normalized spacial score (nSPS) is 16.1. The Morgan fingerprint density at radius 1 is 1.13 bits per heavy atom. The summed E-state index contributed by atoms with van der Waals surface area (Å²) >= 11 is 5.92. The van der Waals surface area contributed by atoms with Crippen LogP contribution in [0.25, 0.3) is 0 Å². The Hall–Kier alpha value is -2.51. The number of piperazine rings is 1. The van der Waals surface area contributed by atoms with E-state index in [2.05, 4.69) is 56.5 Å². The first-order chi connectivity index (χ1) is 15.0. The quantitative estimate of drug-likeness (QED) is 0.482. The number of hydrogen-bond donors (Lipinski definition) is 2. The maximum Gasteiger partial charge on any atom is 0.191 e. The molecule has 3 rings (SSSR count). The lowest BCUT2D eigenvalue weighted by Gasteiger charge is -2.33. The molecule has 1 fully saturated rings. The maximum absolute atomic E-state index is 5.92. The number of pyridine rings is 1. The second-order valence-corrected chi connectivity index (χ2v) is 8.21. The van der Waals surface area contributed by atoms with E-state index in [1.54, 1.807) is 0 Å². The Morgan fingerprint density at radius 3 is 2.52 bits per heavy atom. The molecule has 2 N–H and O–H groups in total. The highest BCUT2D eigenvalue weighted by Crippen LogP contribution is 2.17. The monoisotopic (exact) mass is 444 g/mol. The number of rotatable bonds is 8. The van der Waals surface area contributed by atoms with Crippen LogP contribution < -0.4 is 20.3 Å². The molecule has 31 heavy (non-hydrogen) atoms. The van der Waals surface area contributed by atoms with Crippen LogP contribution >= 0.6 is 11.6 Å². The highest BCUT2D eigenvalue weighted by atomic mass is 35.5. The minimum Gasteiger partial charge on any atom is -0.489 e. The first-order valence-electron chi connectivity index (χ1n) is 10.9. The van der Waals surface area contributed by atoms with Crippen molar-refractivity contribution in [3.8, 4) is 5.75 Å². The molecule has 0 aliphatic carbocycles. The van der Waals surface area contributed by atoms with Crippen molar-refractivity contribution >= 4 is 23.4 Å². The smallest absolute Gasteiger partial charge is 0.191 e. The summed E-state index contributed by atoms with van der Waals surface area (Å²) in [6.07, 6.45) is 1.90. The van der Waals surface area contributed by atoms with Crippen molar-refractivity contribution in [2.45, 2.75) is 26.5 Å². The molecule has 1 aliphatic rings. The second kappa shape index (κ2) is 11.8. The van der Waals surface area contributed by atoms with E-state index in [0.29, 0.717) is 18.1 Å². The first kappa shape index (κ1) is 23.2. The zero-order chi connectivity index (χ0) is 22.1. The number of anilines is 1. The molecule has 8 heteroatoms. The third kappa shape index (κ3) is 7.60. The molecule has 1 atom stereocenters. The summed E-state index contributed by atoms with van der Waals surface area (Å²) in [5.41, 5.74) is 1.08. The van der Waals surface area contributed by atoms with Crippen molar-refractivity contribution in [3.05, 3.63) is 53.2 Å². The number of halogens is 1. The summed E-state index contributed by atoms with van der Waals surface area (Å²) < 4.78 is 5.92. The Morgan fingerprint density at radius 2 is 1.87 bits per heavy atom. The molecule has 7 nitrogen and oxygen atoms in total. The Kier molecular flexibility index (Phi) is 8.79. The summed E-state index contributed by atoms with van der Waals surface area (Å²) in [5, 5.41) is 7.32. The molecule has 1 aromatic heterocycles. The number of likely N-dealkylation sites (N-methyl/N-ethyl adjacent to an activating group) is 1. The van der Waals surface area contributed by atoms with E-state index in [4.69, 9.17) is 16.3 Å². The van der Waals surface area contributed by atoms with Gasteiger partial charge < -0.3 is 25.2 Å². The summed E-state index contributed by atoms with van der Waals surface area (Å²) in [5.74, 6) is 2.60. The van der Waals surface area contributed by atoms with Gasteiger partial charge >= 0.3 is 0 Å². The van der Waals surface area contributed by atoms with Gasteiger partial charge in [0, 0.05) is 43.9 Å². The standard InChI is InChI=1S/C23H33ClN6O/c1-4-25-23(27-15-18(2)31-21-8-6-20(24)7-9-21)28-17-19-5-10-22(26-16-19)30-13-11-29(3)12-14-30/h5-10,16,18H,4,11-15,17H2,1-3H3,(H2,25,27,28). The summed E-state index contributed by atoms with van der Waals surface area (Å²) in [7, 11) is 2.16. The molecule has 1 aromatic carbocycles. The Balaban J connectivity index is 1.49. The fourth-order valence-electron chi connectivity index (χ4n) is 3.27. The molecule has 2 heterocycles. The van der Waals surface area contributed by atoms with Crippen molar-refractivity contribution in [1.29, 1.82) is 0 Å². The molecule has 0 amide bonds. The predicted octanol–water partition coefficient (Wildman–Crippen LogP) is 3.01. The first-order valence-corrected chi connectivity index (χ1v) is 11.2. The van der Waals surface area contributed by atoms with E-state index in [9.17, 15) is 0 Å². The van der Waals surface area contributed by atoms with Crippen molar-refractivity contribution in [1.82, 2.24) is 20.5 Å². The third-order valence-corrected chi connectivity index (χ3v) is 5.36. The van der Waals surface area contributed by atoms with Gasteiger partial charge in [-0.1, -0.05) is 17.7 Å². The van der Waals surface area contributed by atoms with Crippen LogP contribution in [-0.2, 0) is 6.54 Å². The van der Waals surface area contributed by atoms with Crippen LogP contribution in [0.1, 0.15) is 19.4 Å². The van der Waals surface area contributed by atoms with Crippen LogP contribution in [0.5, 0.6) is 5.75 Å². The highest BCUT2D eigenvalue weighted by molar-refractivity contribution is 6.30. The van der Waals surface area contributed by atoms with Crippen molar-refractivity contribution in [3.63, 3.8) is 0 Å². The van der Waals surface area contributed by atoms with E-state index in [0.717, 1.165) is 55.8 Å². The van der Waals surface area contributed by atoms with E-state index in [1.165, 1.54) is 0 Å². The molecular formula is C23H33ClN6O. The fraction of sp³-hybridized carbons (Fsp3) is 0.478. The van der Waals surface area contributed by atoms with Gasteiger partial charge in [0.05, 0.1) is 13.1 Å². The van der Waals surface area contributed by atoms with Gasteiger partial charge in [0.2, 0.25) is 0 Å². The van der Waals surface area contributed by atoms with Gasteiger partial charge in [0.1, 0.15) is 17.7 Å². The van der Waals surface area contributed by atoms with Gasteiger partial charge in [0.25, 0.3) is 0 Å². The van der Waals surface area contributed by atoms with E-state index >= 15 is 0 Å². The van der Waals surface area contributed by atoms with Crippen molar-refractivity contribution in [2.24, 2.45) is 4.99 Å². The molecule has 0 spiro atoms. The van der Waals surface area contributed by atoms with Crippen LogP contribution in [-0.4, -0.2) is 68.3 Å². The number of ether oxygens (including phenoxy) is 1. The Labute approximate surface area is 190 Å². The summed E-state index contributed by atoms with van der Waals surface area (Å²) in [6, 6.07) is 11.6. The highest BCUT2D eigenvalue weighted by Gasteiger charge is 2.15. The minimum atomic E-state index is -0.0189. The molecule has 2 aromatic rings. The minimum absolute atomic E-state index is 0.0189. The molecule has 0 bridgehead atoms. The maximum atomic E-state index is 5.92. The number of guanidine groups is 1. The molecule has 0 radical (unpaired) electrons. The summed E-state index contributed by atoms with van der Waals surface area (Å²) in [4.78, 5) is 14.0. The van der Waals surface area contributed by atoms with Gasteiger partial charge in [-0.05, 0) is 56.8 Å². The van der Waals surface area contributed by atoms with Crippen molar-refractivity contribution < 1.29 is 4.74 Å². The van der Waals surface area contributed by atoms with Crippen LogP contribution in [0.4, 0.5) is 5.82 Å². The topological polar surface area (TPSA) is 65.0 Å². The lowest BCUT2D eigenvalue weighted by Crippen LogP contribution is -2.44. The third-order valence-electron chi connectivity index (χ3n) is 5.11. The Bertz CT molecular complexity index is 819. The number of nitrogens with zero attached hydrogens (tertiary/aromatic N) is 4. The molecule has 168 valence electrons. The fourth-order valence-corrected chi connectivity index (χ4v) is 3.40. The van der Waals surface area contributed by atoms with Gasteiger partial charge in [-0.25, -0.2) is 9.98 Å². The zero-order valence-corrected chi connectivity index (χ0v) is 19.4. The van der Waals surface area contributed by atoms with Gasteiger partial charge in [-0.3, -0.25) is 0 Å². The van der Waals surface area contributed by atoms with E-state index < -0.39 is 0 Å². The van der Waals surface area contributed by atoms with Crippen LogP contribution in [0.15, 0.2) is 47.6 Å². The van der Waals surface area contributed by atoms with E-state index in [-0.39, 0.29) is 6.10 Å². The van der Waals surface area contributed by atoms with E-state index in [1.807, 2.05) is 37.4 Å². The lowest BCUT2D eigenvalue weighted by molar-refractivity contribution is 0.224. The lowest BCUT2D eigenvalue weighted by atomic mass is 10.2. The molecule has 1 unspecified atom stereocenters. The number of benzene rings is 1. The van der Waals surface area contributed by atoms with Gasteiger partial charge in [-0.15, -0.1) is 0 Å². The number of nitrogens with one attached hydrogen (secondary N) is 2. The number of aromatic nitrogens is 1. The molecule has 1 saturated heterocycles. The van der Waals surface area contributed by atoms with Crippen LogP contribution in [0.2, 0.25) is 5.02 Å². The largest absolute Gasteiger partial charge is 0.489 e. The average Bonchev–Trinajstić information content (AvgIpc) is 2.78. The van der Waals surface area contributed by atoms with Crippen molar-refractivity contribution in [2.75, 3.05) is 51.2 Å². The SMILES string of the molecule is CCNC(=NCc1ccc(N2CCN(C)CC2)nc1)NCC(C)Oc1ccc(Cl)cc1. The zero-order valence-electron chi connectivity index (χ0n) is 18.6. The number of hydrogen-bond acceptors (Lipinski definition) is 5. The van der Waals surface area contributed by atoms with Crippen LogP contribution in [0, 0.1) is 0 Å². The predicted molar refractivity (Wildman–Crippen MR) is 128 cm³/mol.